The van der Waals surface area contributed by atoms with Crippen LogP contribution >= 0.6 is 11.0 Å². The summed E-state index contributed by atoms with van der Waals surface area (Å²) in [7, 11) is -1.98. The van der Waals surface area contributed by atoms with Crippen LogP contribution in [0.3, 0.4) is 0 Å². The Hall–Kier alpha value is -2.83. The molecule has 1 aromatic heterocycles. The first-order valence-electron chi connectivity index (χ1n) is 12.2. The lowest BCUT2D eigenvalue weighted by Gasteiger charge is -2.46. The lowest BCUT2D eigenvalue weighted by molar-refractivity contribution is 0.0748. The fourth-order valence-electron chi connectivity index (χ4n) is 5.14. The van der Waals surface area contributed by atoms with Gasteiger partial charge < -0.3 is 14.9 Å². The summed E-state index contributed by atoms with van der Waals surface area (Å²) < 4.78 is 51.2. The molecule has 2 fully saturated rings. The maximum Gasteiger partial charge on any atom is 0.407 e. The highest BCUT2D eigenvalue weighted by Crippen LogP contribution is 2.62. The number of benzene rings is 1. The van der Waals surface area contributed by atoms with Crippen molar-refractivity contribution >= 4 is 34.2 Å². The van der Waals surface area contributed by atoms with E-state index in [0.29, 0.717) is 36.8 Å². The van der Waals surface area contributed by atoms with Gasteiger partial charge in [-0.15, -0.1) is 0 Å². The summed E-state index contributed by atoms with van der Waals surface area (Å²) in [4.78, 5) is 20.2. The minimum absolute atomic E-state index is 0.152. The topological polar surface area (TPSA) is 104 Å². The summed E-state index contributed by atoms with van der Waals surface area (Å²) in [5.41, 5.74) is 2.54. The molecule has 202 valence electrons. The number of piperazine rings is 1. The van der Waals surface area contributed by atoms with Gasteiger partial charge in [0.25, 0.3) is 5.92 Å². The molecular formula is C25H33F2N5O4S. The van der Waals surface area contributed by atoms with Crippen molar-refractivity contribution in [1.29, 1.82) is 0 Å². The van der Waals surface area contributed by atoms with Crippen molar-refractivity contribution in [2.75, 3.05) is 46.7 Å². The molecule has 3 N–H and O–H groups in total. The molecule has 0 spiro atoms. The van der Waals surface area contributed by atoms with E-state index in [-0.39, 0.29) is 24.4 Å². The number of rotatable bonds is 4. The van der Waals surface area contributed by atoms with Gasteiger partial charge >= 0.3 is 6.09 Å². The summed E-state index contributed by atoms with van der Waals surface area (Å²) in [5.74, 6) is -3.35. The number of carboxylic acid groups (broad SMARTS) is 1. The molecule has 2 aromatic rings. The molecule has 1 amide bonds. The predicted molar refractivity (Wildman–Crippen MR) is 142 cm³/mol. The molecule has 5 rings (SSSR count). The Morgan fingerprint density at radius 1 is 1.19 bits per heavy atom. The van der Waals surface area contributed by atoms with Crippen LogP contribution in [0.5, 0.6) is 0 Å². The highest BCUT2D eigenvalue weighted by atomic mass is 32.3. The van der Waals surface area contributed by atoms with Gasteiger partial charge in [0.2, 0.25) is 0 Å². The Morgan fingerprint density at radius 3 is 2.51 bits per heavy atom. The van der Waals surface area contributed by atoms with Gasteiger partial charge in [0.1, 0.15) is 5.69 Å². The first-order chi connectivity index (χ1) is 17.2. The molecule has 37 heavy (non-hydrogen) atoms. The molecule has 1 saturated heterocycles. The van der Waals surface area contributed by atoms with Crippen LogP contribution in [0.2, 0.25) is 0 Å². The average molecular weight is 538 g/mol. The van der Waals surface area contributed by atoms with Gasteiger partial charge in [0.15, 0.2) is 5.82 Å². The number of halogens is 2. The van der Waals surface area contributed by atoms with E-state index in [2.05, 4.69) is 9.88 Å². The van der Waals surface area contributed by atoms with Crippen LogP contribution in [0.4, 0.5) is 30.8 Å². The Bertz CT molecular complexity index is 1220. The largest absolute Gasteiger partial charge is 0.465 e. The summed E-state index contributed by atoms with van der Waals surface area (Å²) >= 11 is 0. The molecule has 1 aromatic carbocycles. The number of anilines is 3. The first-order valence-corrected chi connectivity index (χ1v) is 13.7. The molecule has 1 saturated carbocycles. The van der Waals surface area contributed by atoms with Crippen LogP contribution in [0.1, 0.15) is 27.2 Å². The van der Waals surface area contributed by atoms with E-state index >= 15 is 0 Å². The van der Waals surface area contributed by atoms with Crippen molar-refractivity contribution in [2.45, 2.75) is 39.2 Å². The SMILES string of the molecule is CN1c2nc(-c3cccc(N4CCN(C(=O)O)C(C(C)(C)C)C4)c3)ccc2N(CC2CC2(F)F)S1(O)O. The minimum Gasteiger partial charge on any atom is -0.465 e. The molecule has 3 aliphatic rings. The van der Waals surface area contributed by atoms with Gasteiger partial charge in [-0.2, -0.15) is 0 Å². The zero-order valence-corrected chi connectivity index (χ0v) is 22.1. The van der Waals surface area contributed by atoms with E-state index in [1.807, 2.05) is 45.0 Å². The zero-order chi connectivity index (χ0) is 26.9. The average Bonchev–Trinajstić information content (AvgIpc) is 3.40. The number of hydrogen-bond acceptors (Lipinski definition) is 7. The number of carbonyl (C=O) groups is 1. The van der Waals surface area contributed by atoms with Crippen LogP contribution in [0.25, 0.3) is 11.3 Å². The smallest absolute Gasteiger partial charge is 0.407 e. The van der Waals surface area contributed by atoms with Crippen LogP contribution < -0.4 is 13.5 Å². The first kappa shape index (κ1) is 25.8. The van der Waals surface area contributed by atoms with Gasteiger partial charge in [-0.05, 0) is 40.6 Å². The van der Waals surface area contributed by atoms with Crippen molar-refractivity contribution in [1.82, 2.24) is 9.88 Å². The summed E-state index contributed by atoms with van der Waals surface area (Å²) in [5, 5.41) is 9.67. The molecule has 1 aliphatic carbocycles. The second-order valence-corrected chi connectivity index (χ2v) is 13.1. The maximum atomic E-state index is 13.6. The standard InChI is InChI=1S/C25H33F2N5O4S/c1-24(2,3)21-15-30(10-11-31(21)23(33)34)18-7-5-6-16(12-18)19-8-9-20-22(28-19)29(4)37(35,36)32(20)14-17-13-25(17,26)27/h5-9,12,17,21,35-36H,10-11,13-15H2,1-4H3,(H,33,34). The van der Waals surface area contributed by atoms with Crippen molar-refractivity contribution in [2.24, 2.45) is 11.3 Å². The van der Waals surface area contributed by atoms with Gasteiger partial charge in [0, 0.05) is 56.8 Å². The number of fused-ring (bicyclic) bond motifs is 1. The second kappa shape index (κ2) is 8.60. The fraction of sp³-hybridized carbons (Fsp3) is 0.520. The number of pyridine rings is 1. The van der Waals surface area contributed by atoms with Crippen LogP contribution in [0, 0.1) is 11.3 Å². The number of alkyl halides is 2. The minimum atomic E-state index is -3.48. The van der Waals surface area contributed by atoms with Crippen molar-refractivity contribution in [3.63, 3.8) is 0 Å². The predicted octanol–water partition coefficient (Wildman–Crippen LogP) is 5.46. The summed E-state index contributed by atoms with van der Waals surface area (Å²) in [6.07, 6.45) is -1.17. The summed E-state index contributed by atoms with van der Waals surface area (Å²) in [6.45, 7) is 7.48. The maximum absolute atomic E-state index is 13.6. The lowest BCUT2D eigenvalue weighted by atomic mass is 9.84. The van der Waals surface area contributed by atoms with Crippen molar-refractivity contribution < 1.29 is 27.8 Å². The van der Waals surface area contributed by atoms with E-state index in [1.54, 1.807) is 12.1 Å². The van der Waals surface area contributed by atoms with Crippen molar-refractivity contribution in [3.05, 3.63) is 36.4 Å². The van der Waals surface area contributed by atoms with E-state index in [4.69, 9.17) is 0 Å². The highest BCUT2D eigenvalue weighted by molar-refractivity contribution is 8.26. The molecule has 2 unspecified atom stereocenters. The van der Waals surface area contributed by atoms with Gasteiger partial charge in [-0.1, -0.05) is 32.9 Å². The van der Waals surface area contributed by atoms with Gasteiger partial charge in [-0.3, -0.25) is 9.11 Å². The Morgan fingerprint density at radius 2 is 1.89 bits per heavy atom. The number of amides is 1. The number of aromatic nitrogens is 1. The molecule has 3 heterocycles. The number of nitrogens with zero attached hydrogens (tertiary/aromatic N) is 5. The molecule has 12 heteroatoms. The third kappa shape index (κ3) is 4.55. The fourth-order valence-corrected chi connectivity index (χ4v) is 6.59. The molecule has 0 bridgehead atoms. The van der Waals surface area contributed by atoms with Crippen LogP contribution in [-0.2, 0) is 0 Å². The zero-order valence-electron chi connectivity index (χ0n) is 21.3. The van der Waals surface area contributed by atoms with E-state index in [9.17, 15) is 27.8 Å². The van der Waals surface area contributed by atoms with Crippen molar-refractivity contribution in [3.8, 4) is 11.3 Å². The molecular weight excluding hydrogens is 504 g/mol. The summed E-state index contributed by atoms with van der Waals surface area (Å²) in [6, 6.07) is 11.1. The second-order valence-electron chi connectivity index (χ2n) is 11.1. The van der Waals surface area contributed by atoms with Crippen LogP contribution in [0.15, 0.2) is 36.4 Å². The molecule has 0 radical (unpaired) electrons. The molecule has 2 atom stereocenters. The number of hydrogen-bond donors (Lipinski definition) is 3. The van der Waals surface area contributed by atoms with E-state index in [1.165, 1.54) is 20.6 Å². The van der Waals surface area contributed by atoms with E-state index in [0.717, 1.165) is 11.3 Å². The van der Waals surface area contributed by atoms with Gasteiger partial charge in [-0.25, -0.2) is 27.2 Å². The van der Waals surface area contributed by atoms with Crippen LogP contribution in [-0.4, -0.2) is 75.4 Å². The third-order valence-electron chi connectivity index (χ3n) is 7.56. The lowest BCUT2D eigenvalue weighted by Crippen LogP contribution is -2.59. The molecule has 9 nitrogen and oxygen atoms in total. The third-order valence-corrected chi connectivity index (χ3v) is 9.40. The quantitative estimate of drug-likeness (QED) is 0.473. The molecule has 2 aliphatic heterocycles. The Kier molecular flexibility index (Phi) is 6.00. The Labute approximate surface area is 216 Å². The monoisotopic (exact) mass is 537 g/mol. The van der Waals surface area contributed by atoms with E-state index < -0.39 is 28.9 Å². The van der Waals surface area contributed by atoms with Gasteiger partial charge in [0.05, 0.1) is 11.7 Å². The highest BCUT2D eigenvalue weighted by Gasteiger charge is 2.59. The normalized spacial score (nSPS) is 25.2. The Balaban J connectivity index is 1.41.